The molecule has 0 spiro atoms. The molecule has 4 nitrogen and oxygen atoms in total. The predicted molar refractivity (Wildman–Crippen MR) is 76.2 cm³/mol. The molecule has 0 aliphatic carbocycles. The molecule has 0 amide bonds. The second-order valence-electron chi connectivity index (χ2n) is 4.13. The summed E-state index contributed by atoms with van der Waals surface area (Å²) in [6.45, 7) is 6.67. The van der Waals surface area contributed by atoms with E-state index in [1.54, 1.807) is 0 Å². The van der Waals surface area contributed by atoms with Gasteiger partial charge in [0.15, 0.2) is 0 Å². The van der Waals surface area contributed by atoms with Crippen molar-refractivity contribution in [3.63, 3.8) is 0 Å². The number of aryl methyl sites for hydroxylation is 3. The molecule has 0 fully saturated rings. The normalized spacial score (nSPS) is 9.32. The molecule has 0 radical (unpaired) electrons. The summed E-state index contributed by atoms with van der Waals surface area (Å²) in [4.78, 5) is 0. The van der Waals surface area contributed by atoms with Gasteiger partial charge in [-0.05, 0) is 38.5 Å². The summed E-state index contributed by atoms with van der Waals surface area (Å²) in [7, 11) is 0. The minimum Gasteiger partial charge on any atom is -0.679 e. The number of aromatic nitrogens is 2. The number of nitrogens with zero attached hydrogens (tertiary/aromatic N) is 2. The Kier molecular flexibility index (Phi) is 8.53. The van der Waals surface area contributed by atoms with Crippen LogP contribution < -0.4 is 0 Å². The molecule has 0 aliphatic rings. The van der Waals surface area contributed by atoms with Crippen LogP contribution in [0, 0.1) is 20.8 Å². The molecule has 0 saturated carbocycles. The van der Waals surface area contributed by atoms with Crippen molar-refractivity contribution >= 4 is 0 Å². The first-order valence-electron chi connectivity index (χ1n) is 5.98. The van der Waals surface area contributed by atoms with E-state index in [-0.39, 0.29) is 33.5 Å². The monoisotopic (exact) mass is 350 g/mol. The fourth-order valence-corrected chi connectivity index (χ4v) is 1.67. The van der Waals surface area contributed by atoms with Crippen molar-refractivity contribution in [3.05, 3.63) is 58.8 Å². The van der Waals surface area contributed by atoms with E-state index >= 15 is 0 Å². The summed E-state index contributed by atoms with van der Waals surface area (Å²) in [5.74, 6) is 0. The molecule has 0 atom stereocenters. The van der Waals surface area contributed by atoms with E-state index in [0.29, 0.717) is 0 Å². The van der Waals surface area contributed by atoms with Gasteiger partial charge in [-0.3, -0.25) is 0 Å². The average Bonchev–Trinajstić information content (AvgIpc) is 2.69. The predicted octanol–water partition coefficient (Wildman–Crippen LogP) is 3.89. The molecule has 106 valence electrons. The molecule has 0 saturated heterocycles. The summed E-state index contributed by atoms with van der Waals surface area (Å²) < 4.78 is 1.99. The average molecular weight is 351 g/mol. The topological polar surface area (TPSA) is 65.4 Å². The van der Waals surface area contributed by atoms with E-state index in [9.17, 15) is 0 Å². The van der Waals surface area contributed by atoms with Gasteiger partial charge in [-0.2, -0.15) is 18.2 Å². The number of hydrogen-bond donors (Lipinski definition) is 0. The van der Waals surface area contributed by atoms with Crippen LogP contribution in [0.3, 0.4) is 0 Å². The van der Waals surface area contributed by atoms with Crippen molar-refractivity contribution in [3.8, 4) is 5.69 Å². The molecular formula is C14H20N4Pd. The smallest absolute Gasteiger partial charge is 0.679 e. The maximum absolute atomic E-state index is 6.26. The van der Waals surface area contributed by atoms with Crippen LogP contribution in [0.15, 0.2) is 30.3 Å². The zero-order valence-electron chi connectivity index (χ0n) is 11.5. The second-order valence-corrected chi connectivity index (χ2v) is 4.13. The standard InChI is InChI=1S/C12H14N2.C2H6N2.Pd/c1-9-6-4-5-7-12(9)14-11(3)8-10(2)13-14;3-1-2-4;/h4-8H,1-3H3;3-4H,1-2H2;/q;-2;+2. The van der Waals surface area contributed by atoms with Gasteiger partial charge < -0.3 is 11.5 Å². The van der Waals surface area contributed by atoms with Crippen LogP contribution in [0.1, 0.15) is 17.0 Å². The fourth-order valence-electron chi connectivity index (χ4n) is 1.67. The number of para-hydroxylation sites is 1. The maximum atomic E-state index is 6.26. The number of rotatable bonds is 2. The summed E-state index contributed by atoms with van der Waals surface area (Å²) in [6, 6.07) is 10.4. The summed E-state index contributed by atoms with van der Waals surface area (Å²) in [6.07, 6.45) is 0. The largest absolute Gasteiger partial charge is 2.00 e. The Labute approximate surface area is 128 Å². The van der Waals surface area contributed by atoms with Crippen molar-refractivity contribution in [1.82, 2.24) is 9.78 Å². The first-order chi connectivity index (χ1) is 8.60. The Morgan fingerprint density at radius 2 is 1.63 bits per heavy atom. The van der Waals surface area contributed by atoms with Gasteiger partial charge in [0, 0.05) is 5.69 Å². The zero-order valence-corrected chi connectivity index (χ0v) is 13.1. The van der Waals surface area contributed by atoms with Crippen LogP contribution in [-0.4, -0.2) is 22.9 Å². The van der Waals surface area contributed by atoms with E-state index in [0.717, 1.165) is 11.4 Å². The molecule has 5 heteroatoms. The van der Waals surface area contributed by atoms with Gasteiger partial charge in [0.05, 0.1) is 11.4 Å². The number of hydrogen-bond acceptors (Lipinski definition) is 1. The number of nitrogens with one attached hydrogen (secondary N) is 2. The first-order valence-corrected chi connectivity index (χ1v) is 5.98. The van der Waals surface area contributed by atoms with Gasteiger partial charge in [-0.15, -0.1) is 0 Å². The van der Waals surface area contributed by atoms with E-state index in [2.05, 4.69) is 37.1 Å². The molecule has 0 bridgehead atoms. The zero-order chi connectivity index (χ0) is 13.5. The molecule has 1 heterocycles. The summed E-state index contributed by atoms with van der Waals surface area (Å²) >= 11 is 0. The van der Waals surface area contributed by atoms with Crippen LogP contribution >= 0.6 is 0 Å². The van der Waals surface area contributed by atoms with Crippen molar-refractivity contribution in [2.24, 2.45) is 0 Å². The maximum Gasteiger partial charge on any atom is 2.00 e. The Morgan fingerprint density at radius 3 is 2.05 bits per heavy atom. The Bertz CT molecular complexity index is 492. The second kappa shape index (κ2) is 9.00. The molecular weight excluding hydrogens is 331 g/mol. The van der Waals surface area contributed by atoms with Gasteiger partial charge in [0.25, 0.3) is 0 Å². The number of benzene rings is 1. The third-order valence-electron chi connectivity index (χ3n) is 2.48. The third-order valence-corrected chi connectivity index (χ3v) is 2.48. The molecule has 0 aliphatic heterocycles. The van der Waals surface area contributed by atoms with Crippen LogP contribution in [0.5, 0.6) is 0 Å². The van der Waals surface area contributed by atoms with Gasteiger partial charge in [0.1, 0.15) is 0 Å². The van der Waals surface area contributed by atoms with Gasteiger partial charge >= 0.3 is 20.4 Å². The molecule has 1 aromatic heterocycles. The van der Waals surface area contributed by atoms with E-state index in [1.165, 1.54) is 11.3 Å². The SMILES string of the molecule is Cc1cc(C)n(-c2ccccc2C)n1.[NH-]CC[NH-].[Pd+2]. The Balaban J connectivity index is 0.000000576. The van der Waals surface area contributed by atoms with Crippen LogP contribution in [0.2, 0.25) is 0 Å². The molecule has 1 aromatic carbocycles. The minimum absolute atomic E-state index is 0. The third kappa shape index (κ3) is 5.25. The van der Waals surface area contributed by atoms with Crippen molar-refractivity contribution in [2.75, 3.05) is 13.1 Å². The fraction of sp³-hybridized carbons (Fsp3) is 0.357. The van der Waals surface area contributed by atoms with Gasteiger partial charge in [-0.25, -0.2) is 4.68 Å². The van der Waals surface area contributed by atoms with Gasteiger partial charge in [-0.1, -0.05) is 18.2 Å². The van der Waals surface area contributed by atoms with Crippen LogP contribution in [-0.2, 0) is 20.4 Å². The van der Waals surface area contributed by atoms with Crippen molar-refractivity contribution in [1.29, 1.82) is 0 Å². The molecule has 2 N–H and O–H groups in total. The minimum atomic E-state index is 0. The molecule has 2 rings (SSSR count). The summed E-state index contributed by atoms with van der Waals surface area (Å²) in [5.41, 5.74) is 17.2. The van der Waals surface area contributed by atoms with E-state index in [4.69, 9.17) is 11.5 Å². The molecule has 0 unspecified atom stereocenters. The molecule has 2 aromatic rings. The van der Waals surface area contributed by atoms with Crippen molar-refractivity contribution < 1.29 is 20.4 Å². The van der Waals surface area contributed by atoms with Crippen LogP contribution in [0.4, 0.5) is 0 Å². The summed E-state index contributed by atoms with van der Waals surface area (Å²) in [5, 5.41) is 4.46. The van der Waals surface area contributed by atoms with E-state index < -0.39 is 0 Å². The van der Waals surface area contributed by atoms with Crippen molar-refractivity contribution in [2.45, 2.75) is 20.8 Å². The molecule has 19 heavy (non-hydrogen) atoms. The quantitative estimate of drug-likeness (QED) is 0.758. The van der Waals surface area contributed by atoms with Gasteiger partial charge in [0.2, 0.25) is 0 Å². The Hall–Kier alpha value is -0.988. The van der Waals surface area contributed by atoms with E-state index in [1.807, 2.05) is 23.7 Å². The van der Waals surface area contributed by atoms with Crippen LogP contribution in [0.25, 0.3) is 17.2 Å². The Morgan fingerprint density at radius 1 is 1.05 bits per heavy atom. The first kappa shape index (κ1) is 18.0.